The Hall–Kier alpha value is -1.61. The van der Waals surface area contributed by atoms with Crippen LogP contribution in [-0.4, -0.2) is 10.9 Å². The lowest BCUT2D eigenvalue weighted by atomic mass is 10.1. The third-order valence-corrected chi connectivity index (χ3v) is 3.30. The average Bonchev–Trinajstić information content (AvgIpc) is 2.62. The summed E-state index contributed by atoms with van der Waals surface area (Å²) in [6.07, 6.45) is 0. The van der Waals surface area contributed by atoms with E-state index in [1.807, 2.05) is 42.5 Å². The Bertz CT molecular complexity index is 605. The summed E-state index contributed by atoms with van der Waals surface area (Å²) in [5.41, 5.74) is 4.84. The number of hydrogen-bond acceptors (Lipinski definition) is 2. The van der Waals surface area contributed by atoms with E-state index in [1.54, 1.807) is 0 Å². The second kappa shape index (κ2) is 3.46. The molecule has 0 radical (unpaired) electrons. The van der Waals surface area contributed by atoms with Gasteiger partial charge in [0.05, 0.1) is 0 Å². The Balaban J connectivity index is 2.40. The normalized spacial score (nSPS) is 14.9. The van der Waals surface area contributed by atoms with E-state index >= 15 is 0 Å². The molecule has 1 aliphatic rings. The molecular weight excluding hydrogens is 266 g/mol. The van der Waals surface area contributed by atoms with Gasteiger partial charge in [-0.1, -0.05) is 51.4 Å². The molecule has 78 valence electrons. The fourth-order valence-corrected chi connectivity index (χ4v) is 2.48. The molecule has 0 saturated carbocycles. The van der Waals surface area contributed by atoms with Crippen LogP contribution in [0.5, 0.6) is 0 Å². The van der Waals surface area contributed by atoms with Crippen LogP contribution in [0.2, 0.25) is 0 Å². The molecule has 0 spiro atoms. The molecule has 0 amide bonds. The minimum absolute atomic E-state index is 0.651. The van der Waals surface area contributed by atoms with Crippen LogP contribution in [0.25, 0.3) is 11.1 Å². The molecule has 0 heterocycles. The van der Waals surface area contributed by atoms with Crippen LogP contribution in [0, 0.1) is 0 Å². The lowest BCUT2D eigenvalue weighted by Gasteiger charge is -1.99. The molecule has 0 unspecified atom stereocenters. The van der Waals surface area contributed by atoms with E-state index in [1.165, 1.54) is 0 Å². The Morgan fingerprint density at radius 1 is 0.875 bits per heavy atom. The van der Waals surface area contributed by atoms with Crippen LogP contribution in [-0.2, 0) is 0 Å². The first kappa shape index (κ1) is 9.60. The van der Waals surface area contributed by atoms with Gasteiger partial charge in [-0.05, 0) is 23.3 Å². The Morgan fingerprint density at radius 2 is 1.56 bits per heavy atom. The predicted octanol–water partition coefficient (Wildman–Crippen LogP) is 3.66. The zero-order valence-electron chi connectivity index (χ0n) is 8.31. The predicted molar refractivity (Wildman–Crippen MR) is 67.0 cm³/mol. The van der Waals surface area contributed by atoms with E-state index < -0.39 is 0 Å². The molecule has 2 aromatic rings. The van der Waals surface area contributed by atoms with Crippen LogP contribution in [0.15, 0.2) is 52.1 Å². The monoisotopic (exact) mass is 273 g/mol. The summed E-state index contributed by atoms with van der Waals surface area (Å²) in [6, 6.07) is 13.9. The summed E-state index contributed by atoms with van der Waals surface area (Å²) < 4.78 is 1.03. The van der Waals surface area contributed by atoms with E-state index in [-0.39, 0.29) is 0 Å². The number of hydrogen-bond donors (Lipinski definition) is 1. The molecule has 1 aliphatic carbocycles. The molecular formula is C13H8BrNO. The standard InChI is InChI=1S/C13H8BrNO/c14-8-5-6-11-12(7-8)9-3-1-2-4-10(9)13(11)15-16/h1-7,16H/b15-13+. The fraction of sp³-hybridized carbons (Fsp3) is 0. The summed E-state index contributed by atoms with van der Waals surface area (Å²) in [7, 11) is 0. The van der Waals surface area contributed by atoms with Crippen molar-refractivity contribution in [3.8, 4) is 11.1 Å². The van der Waals surface area contributed by atoms with Crippen LogP contribution in [0.4, 0.5) is 0 Å². The minimum Gasteiger partial charge on any atom is -0.410 e. The van der Waals surface area contributed by atoms with Crippen LogP contribution in [0.3, 0.4) is 0 Å². The van der Waals surface area contributed by atoms with Gasteiger partial charge >= 0.3 is 0 Å². The SMILES string of the molecule is O/N=C1\c2ccccc2-c2cc(Br)ccc21. The first-order valence-corrected chi connectivity index (χ1v) is 5.72. The Kier molecular flexibility index (Phi) is 2.07. The third-order valence-electron chi connectivity index (χ3n) is 2.81. The molecule has 2 nitrogen and oxygen atoms in total. The van der Waals surface area contributed by atoms with Crippen molar-refractivity contribution in [2.45, 2.75) is 0 Å². The molecule has 0 bridgehead atoms. The van der Waals surface area contributed by atoms with Crippen molar-refractivity contribution in [1.82, 2.24) is 0 Å². The van der Waals surface area contributed by atoms with Gasteiger partial charge < -0.3 is 5.21 Å². The molecule has 1 N–H and O–H groups in total. The quantitative estimate of drug-likeness (QED) is 0.492. The topological polar surface area (TPSA) is 32.6 Å². The Morgan fingerprint density at radius 3 is 2.31 bits per heavy atom. The summed E-state index contributed by atoms with van der Waals surface area (Å²) >= 11 is 3.46. The number of nitrogens with zero attached hydrogens (tertiary/aromatic N) is 1. The van der Waals surface area contributed by atoms with Gasteiger partial charge in [0.1, 0.15) is 5.71 Å². The number of halogens is 1. The van der Waals surface area contributed by atoms with E-state index in [2.05, 4.69) is 21.1 Å². The van der Waals surface area contributed by atoms with E-state index in [9.17, 15) is 0 Å². The summed E-state index contributed by atoms with van der Waals surface area (Å²) in [5, 5.41) is 12.5. The highest BCUT2D eigenvalue weighted by atomic mass is 79.9. The first-order chi connectivity index (χ1) is 7.81. The van der Waals surface area contributed by atoms with Gasteiger partial charge in [0.2, 0.25) is 0 Å². The molecule has 2 aromatic carbocycles. The lowest BCUT2D eigenvalue weighted by Crippen LogP contribution is -1.97. The molecule has 0 aliphatic heterocycles. The van der Waals surface area contributed by atoms with Crippen LogP contribution >= 0.6 is 15.9 Å². The molecule has 0 atom stereocenters. The summed E-state index contributed by atoms with van der Waals surface area (Å²) in [6.45, 7) is 0. The molecule has 3 heteroatoms. The largest absolute Gasteiger partial charge is 0.410 e. The van der Waals surface area contributed by atoms with Crippen molar-refractivity contribution in [1.29, 1.82) is 0 Å². The maximum Gasteiger partial charge on any atom is 0.118 e. The van der Waals surface area contributed by atoms with Crippen molar-refractivity contribution < 1.29 is 5.21 Å². The van der Waals surface area contributed by atoms with Gasteiger partial charge in [-0.3, -0.25) is 0 Å². The first-order valence-electron chi connectivity index (χ1n) is 4.93. The maximum atomic E-state index is 9.11. The van der Waals surface area contributed by atoms with Gasteiger partial charge in [-0.2, -0.15) is 0 Å². The van der Waals surface area contributed by atoms with Gasteiger partial charge in [0.15, 0.2) is 0 Å². The number of fused-ring (bicyclic) bond motifs is 3. The number of oxime groups is 1. The Labute approximate surface area is 101 Å². The van der Waals surface area contributed by atoms with Gasteiger partial charge in [0, 0.05) is 15.6 Å². The average molecular weight is 274 g/mol. The van der Waals surface area contributed by atoms with Gasteiger partial charge in [0.25, 0.3) is 0 Å². The van der Waals surface area contributed by atoms with Crippen molar-refractivity contribution in [2.75, 3.05) is 0 Å². The van der Waals surface area contributed by atoms with Crippen molar-refractivity contribution in [3.63, 3.8) is 0 Å². The molecule has 16 heavy (non-hydrogen) atoms. The second-order valence-electron chi connectivity index (χ2n) is 3.68. The van der Waals surface area contributed by atoms with Crippen LogP contribution < -0.4 is 0 Å². The van der Waals surface area contributed by atoms with Gasteiger partial charge in [-0.15, -0.1) is 0 Å². The highest BCUT2D eigenvalue weighted by Crippen LogP contribution is 2.38. The molecule has 0 aromatic heterocycles. The lowest BCUT2D eigenvalue weighted by molar-refractivity contribution is 0.320. The van der Waals surface area contributed by atoms with E-state index in [0.717, 1.165) is 26.7 Å². The van der Waals surface area contributed by atoms with Gasteiger partial charge in [-0.25, -0.2) is 0 Å². The van der Waals surface area contributed by atoms with Crippen LogP contribution in [0.1, 0.15) is 11.1 Å². The smallest absolute Gasteiger partial charge is 0.118 e. The third kappa shape index (κ3) is 1.21. The van der Waals surface area contributed by atoms with E-state index in [4.69, 9.17) is 5.21 Å². The summed E-state index contributed by atoms with van der Waals surface area (Å²) in [5.74, 6) is 0. The molecule has 0 fully saturated rings. The maximum absolute atomic E-state index is 9.11. The van der Waals surface area contributed by atoms with Crippen molar-refractivity contribution in [3.05, 3.63) is 58.1 Å². The summed E-state index contributed by atoms with van der Waals surface area (Å²) in [4.78, 5) is 0. The molecule has 0 saturated heterocycles. The fourth-order valence-electron chi connectivity index (χ4n) is 2.12. The highest BCUT2D eigenvalue weighted by molar-refractivity contribution is 9.10. The zero-order chi connectivity index (χ0) is 11.1. The zero-order valence-corrected chi connectivity index (χ0v) is 9.90. The van der Waals surface area contributed by atoms with E-state index in [0.29, 0.717) is 5.71 Å². The minimum atomic E-state index is 0.651. The second-order valence-corrected chi connectivity index (χ2v) is 4.60. The number of benzene rings is 2. The molecule has 3 rings (SSSR count). The number of rotatable bonds is 0. The van der Waals surface area contributed by atoms with Crippen molar-refractivity contribution >= 4 is 21.6 Å². The van der Waals surface area contributed by atoms with Crippen molar-refractivity contribution in [2.24, 2.45) is 5.16 Å². The highest BCUT2D eigenvalue weighted by Gasteiger charge is 2.24.